The van der Waals surface area contributed by atoms with Crippen molar-refractivity contribution in [1.29, 1.82) is 0 Å². The maximum atomic E-state index is 13.7. The van der Waals surface area contributed by atoms with Gasteiger partial charge in [0, 0.05) is 24.0 Å². The van der Waals surface area contributed by atoms with E-state index in [0.717, 1.165) is 28.2 Å². The fourth-order valence-electron chi connectivity index (χ4n) is 3.81. The molecule has 0 saturated heterocycles. The number of aryl methyl sites for hydroxylation is 1. The van der Waals surface area contributed by atoms with E-state index in [9.17, 15) is 28.3 Å². The van der Waals surface area contributed by atoms with Crippen LogP contribution in [0.1, 0.15) is 57.6 Å². The number of carbonyl (C=O) groups is 3. The van der Waals surface area contributed by atoms with Crippen LogP contribution < -0.4 is 16.0 Å². The van der Waals surface area contributed by atoms with Crippen molar-refractivity contribution < 1.29 is 33.0 Å². The number of unbranched alkanes of at least 4 members (excludes halogenated alkanes) is 1. The van der Waals surface area contributed by atoms with Gasteiger partial charge in [-0.25, -0.2) is 13.6 Å². The van der Waals surface area contributed by atoms with Crippen molar-refractivity contribution in [3.8, 4) is 0 Å². The van der Waals surface area contributed by atoms with Crippen LogP contribution in [0.5, 0.6) is 0 Å². The molecule has 2 aromatic rings. The summed E-state index contributed by atoms with van der Waals surface area (Å²) in [5.41, 5.74) is 0.313. The van der Waals surface area contributed by atoms with Gasteiger partial charge >= 0.3 is 6.09 Å². The molecule has 0 aliphatic heterocycles. The molecule has 0 fully saturated rings. The Kier molecular flexibility index (Phi) is 13.5. The number of benzene rings is 2. The molecule has 0 radical (unpaired) electrons. The van der Waals surface area contributed by atoms with Gasteiger partial charge in [0.25, 0.3) is 5.91 Å². The number of nitrogens with one attached hydrogen (secondary N) is 3. The van der Waals surface area contributed by atoms with Gasteiger partial charge in [0.1, 0.15) is 17.2 Å². The number of hydrogen-bond donors (Lipinski definition) is 4. The Hall–Kier alpha value is -3.05. The van der Waals surface area contributed by atoms with E-state index in [1.165, 1.54) is 0 Å². The largest absolute Gasteiger partial charge is 0.444 e. The Labute approximate surface area is 242 Å². The molecule has 3 amide bonds. The lowest BCUT2D eigenvalue weighted by Crippen LogP contribution is -2.52. The molecular formula is C29H38BrF2N3O5. The molecule has 11 heteroatoms. The fraction of sp³-hybridized carbons (Fsp3) is 0.483. The summed E-state index contributed by atoms with van der Waals surface area (Å²) in [7, 11) is 0. The summed E-state index contributed by atoms with van der Waals surface area (Å²) in [5.74, 6) is -1.83. The molecule has 0 heterocycles. The van der Waals surface area contributed by atoms with E-state index < -0.39 is 41.4 Å². The summed E-state index contributed by atoms with van der Waals surface area (Å²) in [4.78, 5) is 37.0. The van der Waals surface area contributed by atoms with Crippen molar-refractivity contribution >= 4 is 33.8 Å². The van der Waals surface area contributed by atoms with E-state index in [4.69, 9.17) is 4.74 Å². The van der Waals surface area contributed by atoms with Crippen molar-refractivity contribution in [2.45, 2.75) is 77.0 Å². The molecule has 2 rings (SSSR count). The number of halogens is 3. The first kappa shape index (κ1) is 33.2. The van der Waals surface area contributed by atoms with Crippen molar-refractivity contribution in [3.05, 3.63) is 69.7 Å². The van der Waals surface area contributed by atoms with E-state index in [1.807, 2.05) is 24.3 Å². The van der Waals surface area contributed by atoms with Crippen LogP contribution in [0.2, 0.25) is 0 Å². The monoisotopic (exact) mass is 625 g/mol. The van der Waals surface area contributed by atoms with Crippen LogP contribution in [0.25, 0.3) is 0 Å². The van der Waals surface area contributed by atoms with Crippen LogP contribution in [0.15, 0.2) is 46.9 Å². The van der Waals surface area contributed by atoms with Gasteiger partial charge in [0.05, 0.1) is 6.04 Å². The highest BCUT2D eigenvalue weighted by Crippen LogP contribution is 2.15. The molecule has 0 saturated carbocycles. The average Bonchev–Trinajstić information content (AvgIpc) is 2.87. The molecular weight excluding hydrogens is 588 g/mol. The normalized spacial score (nSPS) is 12.8. The van der Waals surface area contributed by atoms with Gasteiger partial charge in [-0.3, -0.25) is 9.59 Å². The fourth-order valence-corrected chi connectivity index (χ4v) is 4.08. The van der Waals surface area contributed by atoms with Crippen LogP contribution in [0.3, 0.4) is 0 Å². The second kappa shape index (κ2) is 16.3. The van der Waals surface area contributed by atoms with Gasteiger partial charge in [-0.1, -0.05) is 28.1 Å². The third-order valence-corrected chi connectivity index (χ3v) is 6.33. The first-order valence-corrected chi connectivity index (χ1v) is 14.0. The van der Waals surface area contributed by atoms with Gasteiger partial charge in [0.2, 0.25) is 5.91 Å². The number of rotatable bonds is 14. The number of amides is 3. The van der Waals surface area contributed by atoms with Crippen LogP contribution in [0.4, 0.5) is 13.6 Å². The number of carbonyl (C=O) groups excluding carboxylic acids is 3. The lowest BCUT2D eigenvalue weighted by atomic mass is 10.0. The first-order chi connectivity index (χ1) is 18.8. The second-order valence-corrected chi connectivity index (χ2v) is 11.4. The Morgan fingerprint density at radius 2 is 1.62 bits per heavy atom. The summed E-state index contributed by atoms with van der Waals surface area (Å²) in [5, 5.41) is 18.7. The zero-order valence-corrected chi connectivity index (χ0v) is 24.7. The van der Waals surface area contributed by atoms with Crippen LogP contribution in [-0.4, -0.2) is 53.9 Å². The molecule has 2 unspecified atom stereocenters. The Bertz CT molecular complexity index is 1130. The summed E-state index contributed by atoms with van der Waals surface area (Å²) in [6, 6.07) is 9.65. The van der Waals surface area contributed by atoms with Gasteiger partial charge < -0.3 is 25.8 Å². The minimum atomic E-state index is -1.52. The van der Waals surface area contributed by atoms with E-state index >= 15 is 0 Å². The minimum absolute atomic E-state index is 0.184. The minimum Gasteiger partial charge on any atom is -0.444 e. The smallest absolute Gasteiger partial charge is 0.407 e. The quantitative estimate of drug-likeness (QED) is 0.230. The van der Waals surface area contributed by atoms with Crippen molar-refractivity contribution in [2.24, 2.45) is 0 Å². The molecule has 0 aliphatic carbocycles. The molecule has 0 bridgehead atoms. The van der Waals surface area contributed by atoms with Gasteiger partial charge in [-0.2, -0.15) is 0 Å². The van der Waals surface area contributed by atoms with Gasteiger partial charge in [-0.05, 0) is 94.3 Å². The predicted octanol–water partition coefficient (Wildman–Crippen LogP) is 4.56. The molecule has 8 nitrogen and oxygen atoms in total. The maximum Gasteiger partial charge on any atom is 0.407 e. The highest BCUT2D eigenvalue weighted by atomic mass is 79.9. The molecule has 0 spiro atoms. The summed E-state index contributed by atoms with van der Waals surface area (Å²) >= 11 is 3.37. The zero-order chi connectivity index (χ0) is 29.7. The SMILES string of the molecule is CC(C)(C)OC(=O)NC(Cc1ccc(Br)cc1)C(O)C(=O)NCCCCNC(=O)CCCc1cc(F)ccc1F. The van der Waals surface area contributed by atoms with Gasteiger partial charge in [0.15, 0.2) is 6.10 Å². The average molecular weight is 627 g/mol. The Balaban J connectivity index is 1.73. The maximum absolute atomic E-state index is 13.7. The number of hydrogen-bond acceptors (Lipinski definition) is 5. The number of alkyl carbamates (subject to hydrolysis) is 1. The highest BCUT2D eigenvalue weighted by Gasteiger charge is 2.29. The highest BCUT2D eigenvalue weighted by molar-refractivity contribution is 9.10. The van der Waals surface area contributed by atoms with Crippen LogP contribution >= 0.6 is 15.9 Å². The molecule has 220 valence electrons. The topological polar surface area (TPSA) is 117 Å². The van der Waals surface area contributed by atoms with Crippen molar-refractivity contribution in [2.75, 3.05) is 13.1 Å². The molecule has 4 N–H and O–H groups in total. The summed E-state index contributed by atoms with van der Waals surface area (Å²) < 4.78 is 33.1. The van der Waals surface area contributed by atoms with E-state index in [2.05, 4.69) is 31.9 Å². The Morgan fingerprint density at radius 1 is 0.975 bits per heavy atom. The second-order valence-electron chi connectivity index (χ2n) is 10.5. The Morgan fingerprint density at radius 3 is 2.27 bits per heavy atom. The number of aliphatic hydroxyl groups is 1. The van der Waals surface area contributed by atoms with Gasteiger partial charge in [-0.15, -0.1) is 0 Å². The molecule has 0 aliphatic rings. The molecule has 0 aromatic heterocycles. The first-order valence-electron chi connectivity index (χ1n) is 13.2. The molecule has 2 aromatic carbocycles. The number of ether oxygens (including phenoxy) is 1. The number of aliphatic hydroxyl groups excluding tert-OH is 1. The molecule has 2 atom stereocenters. The third kappa shape index (κ3) is 12.9. The van der Waals surface area contributed by atoms with Crippen molar-refractivity contribution in [3.63, 3.8) is 0 Å². The molecule has 40 heavy (non-hydrogen) atoms. The zero-order valence-electron chi connectivity index (χ0n) is 23.1. The van der Waals surface area contributed by atoms with E-state index in [-0.39, 0.29) is 37.3 Å². The third-order valence-electron chi connectivity index (χ3n) is 5.80. The lowest BCUT2D eigenvalue weighted by molar-refractivity contribution is -0.130. The van der Waals surface area contributed by atoms with E-state index in [1.54, 1.807) is 20.8 Å². The summed E-state index contributed by atoms with van der Waals surface area (Å²) in [6.07, 6.45) is -0.0847. The summed E-state index contributed by atoms with van der Waals surface area (Å²) in [6.45, 7) is 5.81. The lowest BCUT2D eigenvalue weighted by Gasteiger charge is -2.26. The van der Waals surface area contributed by atoms with Crippen LogP contribution in [-0.2, 0) is 27.2 Å². The standard InChI is InChI=1S/C29H38BrF2N3O5/c1-29(2,3)40-28(39)35-24(17-19-9-11-21(30)12-10-19)26(37)27(38)34-16-5-4-15-33-25(36)8-6-7-20-18-22(31)13-14-23(20)32/h9-14,18,24,26,37H,4-8,15-17H2,1-3H3,(H,33,36)(H,34,38)(H,35,39). The van der Waals surface area contributed by atoms with Crippen molar-refractivity contribution in [1.82, 2.24) is 16.0 Å². The van der Waals surface area contributed by atoms with E-state index in [0.29, 0.717) is 25.8 Å². The van der Waals surface area contributed by atoms with Crippen LogP contribution in [0, 0.1) is 11.6 Å². The predicted molar refractivity (Wildman–Crippen MR) is 152 cm³/mol.